The molecule has 0 radical (unpaired) electrons. The predicted molar refractivity (Wildman–Crippen MR) is 18.4 cm³/mol. The summed E-state index contributed by atoms with van der Waals surface area (Å²) in [7, 11) is -2.89. The molecule has 6 heteroatoms. The van der Waals surface area contributed by atoms with E-state index in [1.807, 2.05) is 0 Å². The third-order valence-corrected chi connectivity index (χ3v) is 0.408. The van der Waals surface area contributed by atoms with Crippen LogP contribution in [0.2, 0.25) is 0 Å². The van der Waals surface area contributed by atoms with Crippen LogP contribution in [0.5, 0.6) is 0 Å². The Morgan fingerprint density at radius 3 is 1.33 bits per heavy atom. The normalized spacial score (nSPS) is 10.0. The average molecular weight is 160 g/mol. The second-order valence-corrected chi connectivity index (χ2v) is 1.95. The lowest BCUT2D eigenvalue weighted by Gasteiger charge is -2.17. The highest BCUT2D eigenvalue weighted by molar-refractivity contribution is 3.84. The number of quaternary nitrogens is 1. The molecule has 5 nitrogen and oxygen atoms in total. The molecule has 0 rings (SSSR count). The van der Waals surface area contributed by atoms with Gasteiger partial charge in [0.2, 0.25) is 0 Å². The van der Waals surface area contributed by atoms with Crippen LogP contribution in [0.1, 0.15) is 6.92 Å². The zero-order valence-corrected chi connectivity index (χ0v) is 6.05. The lowest BCUT2D eigenvalue weighted by molar-refractivity contribution is -2.00. The van der Waals surface area contributed by atoms with E-state index in [1.165, 1.54) is 6.54 Å². The smallest absolute Gasteiger partial charge is 0.0724 e. The van der Waals surface area contributed by atoms with E-state index in [4.69, 9.17) is 18.6 Å². The number of hydrogen-bond donors (Lipinski definition) is 1. The third-order valence-electron chi connectivity index (χ3n) is 0.408. The second-order valence-electron chi connectivity index (χ2n) is 1.19. The van der Waals surface area contributed by atoms with Crippen LogP contribution in [0.25, 0.3) is 0 Å². The van der Waals surface area contributed by atoms with E-state index < -0.39 is 10.2 Å². The van der Waals surface area contributed by atoms with Crippen molar-refractivity contribution >= 4 is 0 Å². The lowest BCUT2D eigenvalue weighted by atomic mass is 10.8. The van der Waals surface area contributed by atoms with Gasteiger partial charge in [-0.05, 0) is 6.92 Å². The summed E-state index contributed by atoms with van der Waals surface area (Å²) in [4.78, 5) is 0. The molecule has 0 aromatic rings. The maximum Gasteiger partial charge on any atom is 0.0724 e. The maximum atomic E-state index is 8.49. The van der Waals surface area contributed by atoms with Crippen molar-refractivity contribution in [3.63, 3.8) is 0 Å². The zero-order chi connectivity index (χ0) is 7.91. The Morgan fingerprint density at radius 1 is 1.22 bits per heavy atom. The maximum absolute atomic E-state index is 8.49. The minimum absolute atomic E-state index is 1.19. The van der Waals surface area contributed by atoms with Gasteiger partial charge in [-0.15, -0.1) is 10.2 Å². The van der Waals surface area contributed by atoms with Crippen molar-refractivity contribution in [3.8, 4) is 0 Å². The summed E-state index contributed by atoms with van der Waals surface area (Å²) in [5.74, 6) is 0. The molecule has 0 saturated carbocycles. The Hall–Kier alpha value is 0.0900. The molecule has 9 heavy (non-hydrogen) atoms. The first-order chi connectivity index (χ1) is 3.91. The Bertz CT molecular complexity index is 46.3. The van der Waals surface area contributed by atoms with Crippen LogP contribution < -0.4 is 24.0 Å². The first kappa shape index (κ1) is 11.8. The van der Waals surface area contributed by atoms with Gasteiger partial charge in [0, 0.05) is 0 Å². The van der Waals surface area contributed by atoms with Gasteiger partial charge in [0.1, 0.15) is 0 Å². The van der Waals surface area contributed by atoms with Crippen LogP contribution in [0, 0.1) is 10.2 Å². The first-order valence-corrected chi connectivity index (χ1v) is 3.54. The minimum atomic E-state index is -4.94. The molecule has 2 N–H and O–H groups in total. The van der Waals surface area contributed by atoms with E-state index in [9.17, 15) is 0 Å². The van der Waals surface area contributed by atoms with Crippen molar-refractivity contribution in [2.24, 2.45) is 0 Å². The van der Waals surface area contributed by atoms with Gasteiger partial charge in [-0.1, -0.05) is 0 Å². The SMILES string of the molecule is CC[NH2+]C.[O-][Cl+3]([O-])([O-])[O-]. The van der Waals surface area contributed by atoms with E-state index in [0.717, 1.165) is 0 Å². The van der Waals surface area contributed by atoms with Crippen molar-refractivity contribution in [1.82, 2.24) is 0 Å². The van der Waals surface area contributed by atoms with Crippen molar-refractivity contribution in [2.45, 2.75) is 6.92 Å². The van der Waals surface area contributed by atoms with E-state index >= 15 is 0 Å². The van der Waals surface area contributed by atoms with Crippen LogP contribution in [0.3, 0.4) is 0 Å². The van der Waals surface area contributed by atoms with Gasteiger partial charge in [0.25, 0.3) is 0 Å². The highest BCUT2D eigenvalue weighted by Crippen LogP contribution is 1.49. The second kappa shape index (κ2) is 6.21. The van der Waals surface area contributed by atoms with Crippen LogP contribution in [0.15, 0.2) is 0 Å². The first-order valence-electron chi connectivity index (χ1n) is 2.31. The van der Waals surface area contributed by atoms with Gasteiger partial charge in [0.05, 0.1) is 13.6 Å². The summed E-state index contributed by atoms with van der Waals surface area (Å²) in [5.41, 5.74) is 0. The number of rotatable bonds is 1. The summed E-state index contributed by atoms with van der Waals surface area (Å²) >= 11 is 0. The summed E-state index contributed by atoms with van der Waals surface area (Å²) in [5, 5.41) is 2.12. The van der Waals surface area contributed by atoms with Crippen LogP contribution >= 0.6 is 0 Å². The Morgan fingerprint density at radius 2 is 1.33 bits per heavy atom. The van der Waals surface area contributed by atoms with E-state index in [1.54, 1.807) is 0 Å². The van der Waals surface area contributed by atoms with E-state index in [0.29, 0.717) is 0 Å². The predicted octanol–water partition coefficient (Wildman–Crippen LogP) is -5.56. The van der Waals surface area contributed by atoms with E-state index in [2.05, 4.69) is 19.3 Å². The summed E-state index contributed by atoms with van der Waals surface area (Å²) < 4.78 is 34.0. The van der Waals surface area contributed by atoms with Crippen molar-refractivity contribution < 1.29 is 34.2 Å². The lowest BCUT2D eigenvalue weighted by Crippen LogP contribution is -2.78. The molecule has 58 valence electrons. The standard InChI is InChI=1S/C3H9N.ClHO4/c1-3-4-2;2-1(3,4)5/h4H,3H2,1-2H3;(H,2,3,4,5). The van der Waals surface area contributed by atoms with Crippen LogP contribution in [-0.4, -0.2) is 13.6 Å². The molecule has 0 spiro atoms. The molecule has 0 bridgehead atoms. The van der Waals surface area contributed by atoms with Crippen molar-refractivity contribution in [2.75, 3.05) is 13.6 Å². The number of halogens is 1. The summed E-state index contributed by atoms with van der Waals surface area (Å²) in [6, 6.07) is 0. The van der Waals surface area contributed by atoms with Gasteiger partial charge >= 0.3 is 0 Å². The molecular weight excluding hydrogens is 149 g/mol. The molecule has 0 fully saturated rings. The minimum Gasteiger partial charge on any atom is -0.349 e. The molecular formula is C3H10ClNO4. The Labute approximate surface area is 55.7 Å². The van der Waals surface area contributed by atoms with Crippen molar-refractivity contribution in [1.29, 1.82) is 0 Å². The molecule has 0 atom stereocenters. The van der Waals surface area contributed by atoms with Gasteiger partial charge in [0.15, 0.2) is 0 Å². The molecule has 0 saturated heterocycles. The molecule has 0 aromatic heterocycles. The number of hydrogen-bond acceptors (Lipinski definition) is 4. The summed E-state index contributed by atoms with van der Waals surface area (Å²) in [6.45, 7) is 3.32. The Balaban J connectivity index is 0. The molecule has 0 aliphatic heterocycles. The monoisotopic (exact) mass is 159 g/mol. The molecule has 0 unspecified atom stereocenters. The molecule has 0 aromatic carbocycles. The zero-order valence-electron chi connectivity index (χ0n) is 5.30. The van der Waals surface area contributed by atoms with Crippen LogP contribution in [0.4, 0.5) is 0 Å². The van der Waals surface area contributed by atoms with E-state index in [-0.39, 0.29) is 0 Å². The highest BCUT2D eigenvalue weighted by atomic mass is 35.7. The fourth-order valence-electron chi connectivity index (χ4n) is 0. The van der Waals surface area contributed by atoms with Gasteiger partial charge < -0.3 is 5.32 Å². The fourth-order valence-corrected chi connectivity index (χ4v) is 0. The molecule has 0 heterocycles. The largest absolute Gasteiger partial charge is 0.349 e. The van der Waals surface area contributed by atoms with Gasteiger partial charge in [-0.25, -0.2) is 18.6 Å². The topological polar surface area (TPSA) is 109 Å². The fraction of sp³-hybridized carbons (Fsp3) is 1.00. The molecule has 0 aliphatic carbocycles. The molecule has 0 aliphatic rings. The third kappa shape index (κ3) is 253. The summed E-state index contributed by atoms with van der Waals surface area (Å²) in [6.07, 6.45) is 0. The highest BCUT2D eigenvalue weighted by Gasteiger charge is 1.84. The van der Waals surface area contributed by atoms with Crippen LogP contribution in [-0.2, 0) is 0 Å². The molecule has 0 amide bonds. The van der Waals surface area contributed by atoms with Crippen molar-refractivity contribution in [3.05, 3.63) is 0 Å². The quantitative estimate of drug-likeness (QED) is 0.412. The van der Waals surface area contributed by atoms with Gasteiger partial charge in [-0.3, -0.25) is 0 Å². The average Bonchev–Trinajstić information content (AvgIpc) is 1.61. The number of nitrogens with two attached hydrogens (primary N) is 1. The van der Waals surface area contributed by atoms with Gasteiger partial charge in [-0.2, -0.15) is 0 Å². The Kier molecular flexibility index (Phi) is 8.17.